The van der Waals surface area contributed by atoms with Crippen LogP contribution < -0.4 is 26.4 Å². The molecule has 1 amide bonds. The summed E-state index contributed by atoms with van der Waals surface area (Å²) in [5, 5.41) is 7.79. The number of nitrogens with zero attached hydrogens (tertiary/aromatic N) is 4. The van der Waals surface area contributed by atoms with E-state index in [1.807, 2.05) is 20.9 Å². The summed E-state index contributed by atoms with van der Waals surface area (Å²) in [6.07, 6.45) is 6.22. The molecule has 1 fully saturated rings. The van der Waals surface area contributed by atoms with Gasteiger partial charge < -0.3 is 26.4 Å². The Hall–Kier alpha value is -2.85. The first-order valence-electron chi connectivity index (χ1n) is 10.5. The molecule has 4 heterocycles. The number of aryl methyl sites for hydroxylation is 1. The number of amides is 1. The van der Waals surface area contributed by atoms with Crippen molar-refractivity contribution in [2.45, 2.75) is 45.3 Å². The highest BCUT2D eigenvalue weighted by molar-refractivity contribution is 7.23. The Labute approximate surface area is 185 Å². The summed E-state index contributed by atoms with van der Waals surface area (Å²) in [6, 6.07) is 2.00. The number of nitrogens with two attached hydrogens (primary N) is 2. The van der Waals surface area contributed by atoms with E-state index in [0.29, 0.717) is 27.5 Å². The van der Waals surface area contributed by atoms with Crippen molar-refractivity contribution in [1.82, 2.24) is 14.8 Å². The molecule has 0 bridgehead atoms. The second-order valence-corrected chi connectivity index (χ2v) is 9.18. The van der Waals surface area contributed by atoms with Gasteiger partial charge in [-0.25, -0.2) is 0 Å². The average Bonchev–Trinajstić information content (AvgIpc) is 3.15. The Morgan fingerprint density at radius 3 is 2.94 bits per heavy atom. The maximum absolute atomic E-state index is 13.3. The van der Waals surface area contributed by atoms with Crippen LogP contribution in [0.3, 0.4) is 0 Å². The third-order valence-corrected chi connectivity index (χ3v) is 6.40. The third kappa shape index (κ3) is 4.31. The molecule has 0 unspecified atom stereocenters. The lowest BCUT2D eigenvalue weighted by Gasteiger charge is -2.24. The minimum Gasteiger partial charge on any atom is -0.489 e. The molecule has 9 nitrogen and oxygen atoms in total. The van der Waals surface area contributed by atoms with Crippen molar-refractivity contribution in [3.05, 3.63) is 24.0 Å². The van der Waals surface area contributed by atoms with E-state index in [-0.39, 0.29) is 18.1 Å². The van der Waals surface area contributed by atoms with Crippen LogP contribution in [0.5, 0.6) is 5.75 Å². The molecule has 31 heavy (non-hydrogen) atoms. The van der Waals surface area contributed by atoms with Crippen LogP contribution in [0.4, 0.5) is 16.5 Å². The predicted octanol–water partition coefficient (Wildman–Crippen LogP) is 2.97. The first-order valence-corrected chi connectivity index (χ1v) is 11.3. The highest BCUT2D eigenvalue weighted by atomic mass is 32.1. The molecule has 1 aliphatic heterocycles. The topological polar surface area (TPSA) is 124 Å². The molecule has 3 aromatic heterocycles. The monoisotopic (exact) mass is 443 g/mol. The highest BCUT2D eigenvalue weighted by Crippen LogP contribution is 2.39. The SMILES string of the molecule is CC(C)Oc1ccnc2c(C(=O)Nc3cnn(C)c3N3CCC[C@H](N)CC3)c(N)sc12. The summed E-state index contributed by atoms with van der Waals surface area (Å²) in [6.45, 7) is 5.61. The number of hydrogen-bond donors (Lipinski definition) is 3. The van der Waals surface area contributed by atoms with Gasteiger partial charge in [0.05, 0.1) is 22.5 Å². The van der Waals surface area contributed by atoms with Gasteiger partial charge in [0, 0.05) is 32.4 Å². The van der Waals surface area contributed by atoms with Gasteiger partial charge in [0.2, 0.25) is 0 Å². The summed E-state index contributed by atoms with van der Waals surface area (Å²) in [5.41, 5.74) is 13.9. The molecule has 0 radical (unpaired) electrons. The Bertz CT molecular complexity index is 1090. The molecule has 0 saturated carbocycles. The number of anilines is 3. The molecule has 1 saturated heterocycles. The van der Waals surface area contributed by atoms with Gasteiger partial charge in [0.1, 0.15) is 22.0 Å². The first-order chi connectivity index (χ1) is 14.8. The standard InChI is InChI=1S/C21H29N7O2S/c1-12(2)30-15-6-8-24-17-16(19(23)31-18(15)17)20(29)26-14-11-25-27(3)21(14)28-9-4-5-13(22)7-10-28/h6,8,11-13H,4-5,7,9-10,22-23H2,1-3H3,(H,26,29)/t13-/m0/s1. The van der Waals surface area contributed by atoms with E-state index in [4.69, 9.17) is 16.2 Å². The average molecular weight is 444 g/mol. The van der Waals surface area contributed by atoms with Gasteiger partial charge >= 0.3 is 0 Å². The minimum atomic E-state index is -0.307. The quantitative estimate of drug-likeness (QED) is 0.554. The Morgan fingerprint density at radius 1 is 1.35 bits per heavy atom. The van der Waals surface area contributed by atoms with Gasteiger partial charge in [-0.1, -0.05) is 0 Å². The molecule has 1 atom stereocenters. The van der Waals surface area contributed by atoms with Crippen LogP contribution in [0.25, 0.3) is 10.2 Å². The number of fused-ring (bicyclic) bond motifs is 1. The zero-order valence-corrected chi connectivity index (χ0v) is 18.9. The molecule has 0 aromatic carbocycles. The van der Waals surface area contributed by atoms with E-state index in [1.165, 1.54) is 11.3 Å². The molecule has 0 aliphatic carbocycles. The fourth-order valence-electron chi connectivity index (χ4n) is 3.96. The summed E-state index contributed by atoms with van der Waals surface area (Å²) < 4.78 is 8.43. The van der Waals surface area contributed by atoms with Crippen LogP contribution in [-0.4, -0.2) is 45.9 Å². The first kappa shape index (κ1) is 21.4. The van der Waals surface area contributed by atoms with Gasteiger partial charge in [-0.15, -0.1) is 11.3 Å². The lowest BCUT2D eigenvalue weighted by Crippen LogP contribution is -2.29. The zero-order valence-electron chi connectivity index (χ0n) is 18.1. The largest absolute Gasteiger partial charge is 0.489 e. The summed E-state index contributed by atoms with van der Waals surface area (Å²) in [4.78, 5) is 19.9. The smallest absolute Gasteiger partial charge is 0.261 e. The van der Waals surface area contributed by atoms with Crippen molar-refractivity contribution in [2.24, 2.45) is 12.8 Å². The van der Waals surface area contributed by atoms with E-state index < -0.39 is 0 Å². The number of aromatic nitrogens is 3. The molecule has 4 rings (SSSR count). The van der Waals surface area contributed by atoms with Crippen molar-refractivity contribution in [2.75, 3.05) is 29.0 Å². The molecule has 1 aliphatic rings. The number of pyridine rings is 1. The summed E-state index contributed by atoms with van der Waals surface area (Å²) >= 11 is 1.31. The second kappa shape index (κ2) is 8.72. The Kier molecular flexibility index (Phi) is 6.01. The summed E-state index contributed by atoms with van der Waals surface area (Å²) in [7, 11) is 1.88. The van der Waals surface area contributed by atoms with E-state index in [2.05, 4.69) is 20.3 Å². The maximum atomic E-state index is 13.3. The van der Waals surface area contributed by atoms with Crippen LogP contribution in [0, 0.1) is 0 Å². The number of nitrogen functional groups attached to an aromatic ring is 1. The van der Waals surface area contributed by atoms with Crippen molar-refractivity contribution in [1.29, 1.82) is 0 Å². The molecule has 166 valence electrons. The van der Waals surface area contributed by atoms with Gasteiger partial charge in [0.25, 0.3) is 5.91 Å². The fraction of sp³-hybridized carbons (Fsp3) is 0.476. The van der Waals surface area contributed by atoms with E-state index in [9.17, 15) is 4.79 Å². The Balaban J connectivity index is 1.64. The normalized spacial score (nSPS) is 17.2. The predicted molar refractivity (Wildman–Crippen MR) is 125 cm³/mol. The number of thiophene rings is 1. The maximum Gasteiger partial charge on any atom is 0.261 e. The third-order valence-electron chi connectivity index (χ3n) is 5.38. The van der Waals surface area contributed by atoms with Crippen LogP contribution in [-0.2, 0) is 7.05 Å². The van der Waals surface area contributed by atoms with Crippen LogP contribution in [0.1, 0.15) is 43.5 Å². The molecule has 3 aromatic rings. The van der Waals surface area contributed by atoms with E-state index >= 15 is 0 Å². The highest BCUT2D eigenvalue weighted by Gasteiger charge is 2.25. The van der Waals surface area contributed by atoms with Crippen LogP contribution >= 0.6 is 11.3 Å². The number of ether oxygens (including phenoxy) is 1. The minimum absolute atomic E-state index is 0.00546. The number of carbonyl (C=O) groups is 1. The molecular formula is C21H29N7O2S. The van der Waals surface area contributed by atoms with Crippen molar-refractivity contribution in [3.63, 3.8) is 0 Å². The van der Waals surface area contributed by atoms with Gasteiger partial charge in [-0.05, 0) is 39.2 Å². The van der Waals surface area contributed by atoms with Gasteiger partial charge in [-0.2, -0.15) is 5.10 Å². The molecular weight excluding hydrogens is 414 g/mol. The Morgan fingerprint density at radius 2 is 2.16 bits per heavy atom. The number of nitrogens with one attached hydrogen (secondary N) is 1. The van der Waals surface area contributed by atoms with E-state index in [0.717, 1.165) is 42.9 Å². The molecule has 10 heteroatoms. The summed E-state index contributed by atoms with van der Waals surface area (Å²) in [5.74, 6) is 1.25. The second-order valence-electron chi connectivity index (χ2n) is 8.13. The molecule has 5 N–H and O–H groups in total. The number of hydrogen-bond acceptors (Lipinski definition) is 8. The zero-order chi connectivity index (χ0) is 22.1. The van der Waals surface area contributed by atoms with Crippen molar-refractivity contribution < 1.29 is 9.53 Å². The van der Waals surface area contributed by atoms with E-state index in [1.54, 1.807) is 23.1 Å². The van der Waals surface area contributed by atoms with Crippen molar-refractivity contribution >= 4 is 44.0 Å². The van der Waals surface area contributed by atoms with Crippen LogP contribution in [0.15, 0.2) is 18.5 Å². The number of rotatable bonds is 5. The van der Waals surface area contributed by atoms with Gasteiger partial charge in [0.15, 0.2) is 5.82 Å². The lowest BCUT2D eigenvalue weighted by atomic mass is 10.1. The molecule has 0 spiro atoms. The van der Waals surface area contributed by atoms with Gasteiger partial charge in [-0.3, -0.25) is 14.5 Å². The van der Waals surface area contributed by atoms with Crippen LogP contribution in [0.2, 0.25) is 0 Å². The lowest BCUT2D eigenvalue weighted by molar-refractivity contribution is 0.102. The fourth-order valence-corrected chi connectivity index (χ4v) is 4.94. The van der Waals surface area contributed by atoms with Crippen molar-refractivity contribution in [3.8, 4) is 5.75 Å². The number of carbonyl (C=O) groups excluding carboxylic acids is 1.